The van der Waals surface area contributed by atoms with Crippen molar-refractivity contribution in [3.63, 3.8) is 0 Å². The second kappa shape index (κ2) is 10.7. The number of carbonyl (C=O) groups excluding carboxylic acids is 1. The van der Waals surface area contributed by atoms with Gasteiger partial charge < -0.3 is 10.2 Å². The topological polar surface area (TPSA) is 47.9 Å². The van der Waals surface area contributed by atoms with Gasteiger partial charge in [0.1, 0.15) is 5.84 Å². The largest absolute Gasteiger partial charge is 0.416 e. The molecule has 0 aromatic heterocycles. The Morgan fingerprint density at radius 3 is 2.38 bits per heavy atom. The minimum absolute atomic E-state index is 0.132. The number of piperidine rings is 1. The molecule has 1 aliphatic heterocycles. The third-order valence-corrected chi connectivity index (χ3v) is 5.77. The van der Waals surface area contributed by atoms with Crippen molar-refractivity contribution in [2.24, 2.45) is 10.9 Å². The maximum Gasteiger partial charge on any atom is 0.416 e. The van der Waals surface area contributed by atoms with E-state index >= 15 is 0 Å². The number of alkyl halides is 5. The summed E-state index contributed by atoms with van der Waals surface area (Å²) in [6.07, 6.45) is -0.605. The lowest BCUT2D eigenvalue weighted by Gasteiger charge is -2.32. The Labute approximate surface area is 186 Å². The zero-order valence-electron chi connectivity index (χ0n) is 18.2. The Kier molecular flexibility index (Phi) is 8.76. The highest BCUT2D eigenvalue weighted by Gasteiger charge is 2.35. The molecule has 1 saturated heterocycles. The molecule has 178 valence electrons. The number of nitrogens with one attached hydrogen (secondary N) is 1. The molecule has 5 nitrogen and oxygen atoms in total. The lowest BCUT2D eigenvalue weighted by Crippen LogP contribution is -2.35. The van der Waals surface area contributed by atoms with E-state index in [2.05, 4.69) is 10.3 Å². The number of likely N-dealkylation sites (N-methyl/N-ethyl adjacent to an activating group) is 2. The second-order valence-electron chi connectivity index (χ2n) is 7.70. The normalized spacial score (nSPS) is 17.4. The van der Waals surface area contributed by atoms with Crippen molar-refractivity contribution in [1.82, 2.24) is 15.1 Å². The molecule has 1 N–H and O–H groups in total. The zero-order chi connectivity index (χ0) is 24.1. The molecule has 32 heavy (non-hydrogen) atoms. The van der Waals surface area contributed by atoms with Crippen LogP contribution in [-0.2, 0) is 23.2 Å². The quantitative estimate of drug-likeness (QED) is 0.211. The summed E-state index contributed by atoms with van der Waals surface area (Å²) in [7, 11) is 6.28. The molecule has 2 rings (SSSR count). The average molecular weight is 478 g/mol. The van der Waals surface area contributed by atoms with Gasteiger partial charge in [0.05, 0.1) is 11.3 Å². The van der Waals surface area contributed by atoms with Crippen molar-refractivity contribution in [1.29, 1.82) is 0 Å². The third kappa shape index (κ3) is 6.72. The average Bonchev–Trinajstić information content (AvgIpc) is 2.73. The lowest BCUT2D eigenvalue weighted by atomic mass is 9.94. The number of nitrogens with zero attached hydrogens (tertiary/aromatic N) is 3. The van der Waals surface area contributed by atoms with Gasteiger partial charge in [-0.25, -0.2) is 0 Å². The monoisotopic (exact) mass is 478 g/mol. The van der Waals surface area contributed by atoms with E-state index < -0.39 is 23.0 Å². The van der Waals surface area contributed by atoms with Crippen molar-refractivity contribution >= 4 is 21.5 Å². The Hall–Kier alpha value is -2.06. The molecule has 1 aliphatic rings. The molecule has 0 saturated carbocycles. The zero-order valence-corrected chi connectivity index (χ0v) is 19.4. The van der Waals surface area contributed by atoms with E-state index in [0.717, 1.165) is 12.1 Å². The first-order chi connectivity index (χ1) is 14.9. The minimum atomic E-state index is -4.69. The molecule has 1 aromatic rings. The number of rotatable bonds is 7. The molecule has 0 radical (unpaired) electrons. The molecule has 0 spiro atoms. The summed E-state index contributed by atoms with van der Waals surface area (Å²) in [6.45, 7) is 1.30. The smallest absolute Gasteiger partial charge is 0.372 e. The summed E-state index contributed by atoms with van der Waals surface area (Å²) in [4.78, 5) is 18.8. The first kappa shape index (κ1) is 26.2. The van der Waals surface area contributed by atoms with Gasteiger partial charge in [0.25, 0.3) is 5.66 Å². The number of likely N-dealkylation sites (tertiary alicyclic amines) is 1. The van der Waals surface area contributed by atoms with Crippen LogP contribution in [0.5, 0.6) is 0 Å². The molecule has 0 aliphatic carbocycles. The minimum Gasteiger partial charge on any atom is -0.372 e. The van der Waals surface area contributed by atoms with Crippen LogP contribution in [0.15, 0.2) is 35.0 Å². The maximum absolute atomic E-state index is 14.0. The molecular formula is C21H28F5N4OP. The molecule has 1 amide bonds. The van der Waals surface area contributed by atoms with Crippen molar-refractivity contribution in [3.8, 4) is 0 Å². The van der Waals surface area contributed by atoms with Crippen LogP contribution in [0, 0.1) is 5.92 Å². The van der Waals surface area contributed by atoms with Crippen molar-refractivity contribution < 1.29 is 26.7 Å². The van der Waals surface area contributed by atoms with Gasteiger partial charge in [-0.2, -0.15) is 22.0 Å². The number of amidine groups is 1. The van der Waals surface area contributed by atoms with Gasteiger partial charge in [-0.1, -0.05) is 21.4 Å². The van der Waals surface area contributed by atoms with E-state index in [0.29, 0.717) is 49.9 Å². The highest BCUT2D eigenvalue weighted by molar-refractivity contribution is 7.17. The van der Waals surface area contributed by atoms with Gasteiger partial charge in [0.15, 0.2) is 0 Å². The first-order valence-electron chi connectivity index (χ1n) is 10.0. The molecule has 1 heterocycles. The Morgan fingerprint density at radius 1 is 1.28 bits per heavy atom. The van der Waals surface area contributed by atoms with E-state index in [1.165, 1.54) is 14.1 Å². The van der Waals surface area contributed by atoms with Crippen LogP contribution in [-0.4, -0.2) is 56.3 Å². The molecule has 0 bridgehead atoms. The van der Waals surface area contributed by atoms with Crippen LogP contribution in [0.25, 0.3) is 0 Å². The molecule has 1 unspecified atom stereocenters. The van der Waals surface area contributed by atoms with Crippen LogP contribution < -0.4 is 5.32 Å². The number of benzene rings is 1. The van der Waals surface area contributed by atoms with Crippen molar-refractivity contribution in [2.45, 2.75) is 31.2 Å². The summed E-state index contributed by atoms with van der Waals surface area (Å²) in [5.41, 5.74) is -4.37. The number of allylic oxidation sites excluding steroid dienone is 1. The Bertz CT molecular complexity index is 859. The summed E-state index contributed by atoms with van der Waals surface area (Å²) in [5.74, 6) is 0.711. The third-order valence-electron chi connectivity index (χ3n) is 5.46. The molecule has 1 atom stereocenters. The van der Waals surface area contributed by atoms with Crippen molar-refractivity contribution in [3.05, 3.63) is 46.7 Å². The molecule has 1 aromatic carbocycles. The van der Waals surface area contributed by atoms with Crippen LogP contribution in [0.4, 0.5) is 22.0 Å². The van der Waals surface area contributed by atoms with Gasteiger partial charge in [0, 0.05) is 33.3 Å². The highest BCUT2D eigenvalue weighted by atomic mass is 31.0. The van der Waals surface area contributed by atoms with E-state index in [1.54, 1.807) is 21.1 Å². The van der Waals surface area contributed by atoms with Crippen molar-refractivity contribution in [2.75, 3.05) is 34.2 Å². The van der Waals surface area contributed by atoms with E-state index in [-0.39, 0.29) is 18.0 Å². The molecular weight excluding hydrogens is 450 g/mol. The fourth-order valence-electron chi connectivity index (χ4n) is 3.72. The number of amides is 1. The number of hydrogen-bond acceptors (Lipinski definition) is 3. The summed E-state index contributed by atoms with van der Waals surface area (Å²) in [6, 6.07) is 2.51. The predicted octanol–water partition coefficient (Wildman–Crippen LogP) is 4.06. The number of halogens is 5. The van der Waals surface area contributed by atoms with Gasteiger partial charge >= 0.3 is 6.18 Å². The summed E-state index contributed by atoms with van der Waals surface area (Å²) < 4.78 is 67.0. The first-order valence-corrected chi connectivity index (χ1v) is 10.6. The molecule has 1 fully saturated rings. The Balaban J connectivity index is 2.15. The Morgan fingerprint density at radius 2 is 1.91 bits per heavy atom. The fourth-order valence-corrected chi connectivity index (χ4v) is 3.99. The number of aliphatic imine (C=N–C) groups is 1. The lowest BCUT2D eigenvalue weighted by molar-refractivity contribution is -0.137. The number of carbonyl (C=O) groups is 1. The van der Waals surface area contributed by atoms with E-state index in [4.69, 9.17) is 0 Å². The summed E-state index contributed by atoms with van der Waals surface area (Å²) >= 11 is 0. The van der Waals surface area contributed by atoms with Crippen LogP contribution in [0.3, 0.4) is 0 Å². The highest BCUT2D eigenvalue weighted by Crippen LogP contribution is 2.40. The summed E-state index contributed by atoms with van der Waals surface area (Å²) in [5, 5.41) is 2.95. The molecule has 11 heteroatoms. The fraction of sp³-hybridized carbons (Fsp3) is 0.524. The van der Waals surface area contributed by atoms with Gasteiger partial charge in [-0.3, -0.25) is 14.7 Å². The van der Waals surface area contributed by atoms with Crippen LogP contribution in [0.2, 0.25) is 0 Å². The van der Waals surface area contributed by atoms with Crippen LogP contribution >= 0.6 is 9.24 Å². The van der Waals surface area contributed by atoms with E-state index in [9.17, 15) is 26.7 Å². The van der Waals surface area contributed by atoms with Gasteiger partial charge in [-0.05, 0) is 49.5 Å². The van der Waals surface area contributed by atoms with E-state index in [1.807, 2.05) is 11.0 Å². The van der Waals surface area contributed by atoms with Gasteiger partial charge in [-0.15, -0.1) is 0 Å². The standard InChI is InChI=1S/C21H28F5N4OP/c1-27-19(28-2)18(29(3)13-31)10-14-6-8-30(9-7-14)12-15-4-5-16(20(22,23)24)11-17(15)21(25,26)32/h4-5,10-11,13-14H,6-9,12,32H2,1-3H3,(H,27,28)/b18-10-. The maximum atomic E-state index is 14.0. The number of hydrogen-bond donors (Lipinski definition) is 1. The second-order valence-corrected chi connectivity index (χ2v) is 8.42. The SMILES string of the molecule is CN=C(NC)/C(=C/C1CCN(Cc2ccc(C(F)(F)F)cc2C(F)(F)P)CC1)N(C)C=O. The van der Waals surface area contributed by atoms with Gasteiger partial charge in [0.2, 0.25) is 6.41 Å². The predicted molar refractivity (Wildman–Crippen MR) is 117 cm³/mol. The van der Waals surface area contributed by atoms with Crippen LogP contribution in [0.1, 0.15) is 29.5 Å².